The zero-order chi connectivity index (χ0) is 17.9. The fraction of sp³-hybridized carbons (Fsp3) is 0.500. The molecule has 0 aliphatic carbocycles. The van der Waals surface area contributed by atoms with E-state index in [0.29, 0.717) is 42.9 Å². The van der Waals surface area contributed by atoms with E-state index < -0.39 is 6.10 Å². The molecule has 26 heavy (non-hydrogen) atoms. The van der Waals surface area contributed by atoms with Crippen molar-refractivity contribution in [3.05, 3.63) is 36.0 Å². The average Bonchev–Trinajstić information content (AvgIpc) is 3.15. The molecule has 1 saturated heterocycles. The van der Waals surface area contributed by atoms with Gasteiger partial charge in [-0.25, -0.2) is 0 Å². The van der Waals surface area contributed by atoms with Gasteiger partial charge in [-0.2, -0.15) is 0 Å². The summed E-state index contributed by atoms with van der Waals surface area (Å²) in [5.41, 5.74) is 0. The quantitative estimate of drug-likeness (QED) is 0.810. The molecule has 1 aromatic carbocycles. The van der Waals surface area contributed by atoms with Gasteiger partial charge < -0.3 is 18.8 Å². The highest BCUT2D eigenvalue weighted by atomic mass is 16.6. The van der Waals surface area contributed by atoms with Gasteiger partial charge >= 0.3 is 0 Å². The van der Waals surface area contributed by atoms with Crippen LogP contribution in [0.3, 0.4) is 0 Å². The van der Waals surface area contributed by atoms with Crippen LogP contribution in [-0.4, -0.2) is 64.8 Å². The van der Waals surface area contributed by atoms with E-state index in [1.165, 1.54) is 0 Å². The molecule has 0 N–H and O–H groups in total. The number of hydrogen-bond acceptors (Lipinski definition) is 7. The molecule has 2 aliphatic rings. The Labute approximate surface area is 151 Å². The summed E-state index contributed by atoms with van der Waals surface area (Å²) < 4.78 is 17.0. The number of fused-ring (bicyclic) bond motifs is 1. The van der Waals surface area contributed by atoms with Crippen LogP contribution in [0.25, 0.3) is 0 Å². The largest absolute Gasteiger partial charge is 0.485 e. The second-order valence-electron chi connectivity index (χ2n) is 6.41. The zero-order valence-corrected chi connectivity index (χ0v) is 14.8. The van der Waals surface area contributed by atoms with Crippen LogP contribution in [0.5, 0.6) is 11.5 Å². The average molecular weight is 358 g/mol. The lowest BCUT2D eigenvalue weighted by molar-refractivity contribution is -0.143. The number of amides is 1. The number of aromatic nitrogens is 2. The fourth-order valence-electron chi connectivity index (χ4n) is 3.16. The molecule has 3 heterocycles. The van der Waals surface area contributed by atoms with Crippen molar-refractivity contribution in [2.45, 2.75) is 26.0 Å². The van der Waals surface area contributed by atoms with Gasteiger partial charge in [0.15, 0.2) is 11.5 Å². The molecule has 0 spiro atoms. The predicted molar refractivity (Wildman–Crippen MR) is 91.9 cm³/mol. The number of hydrogen-bond donors (Lipinski definition) is 0. The highest BCUT2D eigenvalue weighted by molar-refractivity contribution is 5.82. The van der Waals surface area contributed by atoms with Crippen molar-refractivity contribution in [1.29, 1.82) is 0 Å². The lowest BCUT2D eigenvalue weighted by atomic mass is 10.2. The van der Waals surface area contributed by atoms with E-state index in [9.17, 15) is 4.79 Å². The van der Waals surface area contributed by atoms with E-state index in [-0.39, 0.29) is 12.5 Å². The standard InChI is InChI=1S/C18H22N4O4/c1-2-16-19-20-17(26-16)11-21-7-9-22(10-8-21)18(23)15-12-24-13-5-3-4-6-14(13)25-15/h3-6,15H,2,7-12H2,1H3/t15-/m1/s1. The second kappa shape index (κ2) is 7.33. The number of carbonyl (C=O) groups excluding carboxylic acids is 1. The maximum absolute atomic E-state index is 12.7. The number of piperazine rings is 1. The molecule has 1 fully saturated rings. The van der Waals surface area contributed by atoms with Crippen LogP contribution in [-0.2, 0) is 17.8 Å². The highest BCUT2D eigenvalue weighted by Gasteiger charge is 2.32. The molecule has 4 rings (SSSR count). The van der Waals surface area contributed by atoms with Crippen molar-refractivity contribution in [2.24, 2.45) is 0 Å². The summed E-state index contributed by atoms with van der Waals surface area (Å²) in [5.74, 6) is 2.57. The van der Waals surface area contributed by atoms with E-state index in [2.05, 4.69) is 15.1 Å². The summed E-state index contributed by atoms with van der Waals surface area (Å²) in [6, 6.07) is 7.42. The third-order valence-corrected chi connectivity index (χ3v) is 4.64. The van der Waals surface area contributed by atoms with Gasteiger partial charge in [-0.15, -0.1) is 10.2 Å². The maximum Gasteiger partial charge on any atom is 0.267 e. The van der Waals surface area contributed by atoms with Crippen molar-refractivity contribution >= 4 is 5.91 Å². The number of nitrogens with zero attached hydrogens (tertiary/aromatic N) is 4. The molecular weight excluding hydrogens is 336 g/mol. The van der Waals surface area contributed by atoms with Crippen LogP contribution in [0, 0.1) is 0 Å². The van der Waals surface area contributed by atoms with Crippen molar-refractivity contribution in [1.82, 2.24) is 20.0 Å². The molecule has 0 radical (unpaired) electrons. The van der Waals surface area contributed by atoms with Crippen LogP contribution in [0.4, 0.5) is 0 Å². The van der Waals surface area contributed by atoms with Gasteiger partial charge in [-0.3, -0.25) is 9.69 Å². The molecule has 138 valence electrons. The molecule has 0 bridgehead atoms. The Kier molecular flexibility index (Phi) is 4.75. The van der Waals surface area contributed by atoms with Gasteiger partial charge in [0, 0.05) is 32.6 Å². The van der Waals surface area contributed by atoms with E-state index in [4.69, 9.17) is 13.9 Å². The number of carbonyl (C=O) groups is 1. The Morgan fingerprint density at radius 3 is 2.58 bits per heavy atom. The van der Waals surface area contributed by atoms with E-state index in [1.807, 2.05) is 36.1 Å². The number of ether oxygens (including phenoxy) is 2. The number of rotatable bonds is 4. The summed E-state index contributed by atoms with van der Waals surface area (Å²) in [5, 5.41) is 8.04. The minimum Gasteiger partial charge on any atom is -0.485 e. The van der Waals surface area contributed by atoms with Crippen molar-refractivity contribution in [3.8, 4) is 11.5 Å². The monoisotopic (exact) mass is 358 g/mol. The first-order valence-electron chi connectivity index (χ1n) is 8.94. The normalized spacial score (nSPS) is 20.2. The van der Waals surface area contributed by atoms with Gasteiger partial charge in [0.1, 0.15) is 6.61 Å². The molecular formula is C18H22N4O4. The Hall–Kier alpha value is -2.61. The van der Waals surface area contributed by atoms with Crippen LogP contribution in [0.2, 0.25) is 0 Å². The van der Waals surface area contributed by atoms with Crippen molar-refractivity contribution in [2.75, 3.05) is 32.8 Å². The Morgan fingerprint density at radius 2 is 1.85 bits per heavy atom. The topological polar surface area (TPSA) is 80.9 Å². The van der Waals surface area contributed by atoms with Gasteiger partial charge in [0.2, 0.25) is 17.9 Å². The lowest BCUT2D eigenvalue weighted by Crippen LogP contribution is -2.53. The minimum atomic E-state index is -0.584. The molecule has 1 aromatic heterocycles. The Morgan fingerprint density at radius 1 is 1.12 bits per heavy atom. The van der Waals surface area contributed by atoms with Crippen LogP contribution in [0.15, 0.2) is 28.7 Å². The molecule has 8 nitrogen and oxygen atoms in total. The van der Waals surface area contributed by atoms with Crippen molar-refractivity contribution in [3.63, 3.8) is 0 Å². The van der Waals surface area contributed by atoms with Crippen LogP contribution in [0.1, 0.15) is 18.7 Å². The first-order chi connectivity index (χ1) is 12.7. The Balaban J connectivity index is 1.30. The first-order valence-corrected chi connectivity index (χ1v) is 8.94. The smallest absolute Gasteiger partial charge is 0.267 e. The van der Waals surface area contributed by atoms with Gasteiger partial charge in [0.25, 0.3) is 5.91 Å². The first kappa shape index (κ1) is 16.8. The zero-order valence-electron chi connectivity index (χ0n) is 14.8. The second-order valence-corrected chi connectivity index (χ2v) is 6.41. The predicted octanol–water partition coefficient (Wildman–Crippen LogP) is 1.12. The SMILES string of the molecule is CCc1nnc(CN2CCN(C(=O)[C@H]3COc4ccccc4O3)CC2)o1. The van der Waals surface area contributed by atoms with E-state index >= 15 is 0 Å². The maximum atomic E-state index is 12.7. The van der Waals surface area contributed by atoms with Crippen LogP contribution >= 0.6 is 0 Å². The molecule has 0 unspecified atom stereocenters. The minimum absolute atomic E-state index is 0.0230. The van der Waals surface area contributed by atoms with Crippen LogP contribution < -0.4 is 9.47 Å². The summed E-state index contributed by atoms with van der Waals surface area (Å²) >= 11 is 0. The summed E-state index contributed by atoms with van der Waals surface area (Å²) in [6.07, 6.45) is 0.154. The summed E-state index contributed by atoms with van der Waals surface area (Å²) in [6.45, 7) is 5.67. The van der Waals surface area contributed by atoms with Gasteiger partial charge in [-0.1, -0.05) is 19.1 Å². The van der Waals surface area contributed by atoms with Gasteiger partial charge in [0.05, 0.1) is 6.54 Å². The Bertz CT molecular complexity index is 770. The number of aryl methyl sites for hydroxylation is 1. The van der Waals surface area contributed by atoms with Gasteiger partial charge in [-0.05, 0) is 12.1 Å². The lowest BCUT2D eigenvalue weighted by Gasteiger charge is -2.36. The third kappa shape index (κ3) is 3.50. The molecule has 2 aliphatic heterocycles. The summed E-state index contributed by atoms with van der Waals surface area (Å²) in [7, 11) is 0. The number of para-hydroxylation sites is 2. The third-order valence-electron chi connectivity index (χ3n) is 4.64. The highest BCUT2D eigenvalue weighted by Crippen LogP contribution is 2.31. The molecule has 8 heteroatoms. The molecule has 0 saturated carbocycles. The summed E-state index contributed by atoms with van der Waals surface area (Å²) in [4.78, 5) is 16.8. The fourth-order valence-corrected chi connectivity index (χ4v) is 3.16. The molecule has 1 amide bonds. The molecule has 1 atom stereocenters. The van der Waals surface area contributed by atoms with Crippen molar-refractivity contribution < 1.29 is 18.7 Å². The van der Waals surface area contributed by atoms with E-state index in [0.717, 1.165) is 19.5 Å². The molecule has 2 aromatic rings. The number of benzene rings is 1. The van der Waals surface area contributed by atoms with E-state index in [1.54, 1.807) is 0 Å².